The maximum absolute atomic E-state index is 5.25. The second-order valence-electron chi connectivity index (χ2n) is 6.09. The number of hydrogen-bond donors (Lipinski definition) is 1. The zero-order valence-corrected chi connectivity index (χ0v) is 11.0. The van der Waals surface area contributed by atoms with E-state index in [2.05, 4.69) is 39.9 Å². The van der Waals surface area contributed by atoms with Crippen LogP contribution >= 0.6 is 0 Å². The smallest absolute Gasteiger partial charge is 0.0554 e. The van der Waals surface area contributed by atoms with E-state index in [0.29, 0.717) is 5.41 Å². The Balaban J connectivity index is 2.22. The largest absolute Gasteiger partial charge is 0.380 e. The molecule has 1 N–H and O–H groups in total. The summed E-state index contributed by atoms with van der Waals surface area (Å²) in [4.78, 5) is 0. The predicted molar refractivity (Wildman–Crippen MR) is 65.0 cm³/mol. The third-order valence-corrected chi connectivity index (χ3v) is 3.55. The summed E-state index contributed by atoms with van der Waals surface area (Å²) >= 11 is 0. The highest BCUT2D eigenvalue weighted by atomic mass is 16.5. The molecule has 0 unspecified atom stereocenters. The van der Waals surface area contributed by atoms with Gasteiger partial charge in [-0.3, -0.25) is 0 Å². The molecule has 1 aliphatic heterocycles. The van der Waals surface area contributed by atoms with Crippen LogP contribution < -0.4 is 5.32 Å². The van der Waals surface area contributed by atoms with Crippen molar-refractivity contribution in [3.63, 3.8) is 0 Å². The van der Waals surface area contributed by atoms with E-state index < -0.39 is 0 Å². The lowest BCUT2D eigenvalue weighted by Gasteiger charge is -2.39. The Labute approximate surface area is 94.8 Å². The summed E-state index contributed by atoms with van der Waals surface area (Å²) in [5.74, 6) is 2.32. The van der Waals surface area contributed by atoms with Crippen LogP contribution in [-0.2, 0) is 4.74 Å². The average Bonchev–Trinajstić information content (AvgIpc) is 2.08. The molecule has 1 aliphatic rings. The molecule has 0 saturated carbocycles. The van der Waals surface area contributed by atoms with Gasteiger partial charge >= 0.3 is 0 Å². The lowest BCUT2D eigenvalue weighted by molar-refractivity contribution is -0.0994. The van der Waals surface area contributed by atoms with Crippen molar-refractivity contribution in [2.45, 2.75) is 34.6 Å². The van der Waals surface area contributed by atoms with Crippen LogP contribution in [0.4, 0.5) is 0 Å². The molecule has 0 atom stereocenters. The maximum atomic E-state index is 5.25. The molecule has 0 aromatic carbocycles. The molecular weight excluding hydrogens is 186 g/mol. The van der Waals surface area contributed by atoms with Gasteiger partial charge in [0.15, 0.2) is 0 Å². The molecule has 1 fully saturated rings. The lowest BCUT2D eigenvalue weighted by Crippen LogP contribution is -2.48. The van der Waals surface area contributed by atoms with E-state index in [4.69, 9.17) is 4.74 Å². The minimum absolute atomic E-state index is 0.401. The molecule has 1 saturated heterocycles. The first-order valence-corrected chi connectivity index (χ1v) is 6.23. The zero-order valence-electron chi connectivity index (χ0n) is 11.0. The molecule has 2 nitrogen and oxygen atoms in total. The maximum Gasteiger partial charge on any atom is 0.0554 e. The van der Waals surface area contributed by atoms with Gasteiger partial charge < -0.3 is 10.1 Å². The summed E-state index contributed by atoms with van der Waals surface area (Å²) in [5.41, 5.74) is 0.401. The molecule has 0 radical (unpaired) electrons. The van der Waals surface area contributed by atoms with E-state index in [1.165, 1.54) is 0 Å². The summed E-state index contributed by atoms with van der Waals surface area (Å²) in [7, 11) is 0. The van der Waals surface area contributed by atoms with Crippen molar-refractivity contribution in [2.75, 3.05) is 26.3 Å². The molecule has 2 heteroatoms. The van der Waals surface area contributed by atoms with Gasteiger partial charge in [0.1, 0.15) is 0 Å². The van der Waals surface area contributed by atoms with Crippen LogP contribution in [0.5, 0.6) is 0 Å². The summed E-state index contributed by atoms with van der Waals surface area (Å²) in [6.07, 6.45) is 0. The Hall–Kier alpha value is -0.0800. The molecule has 1 heterocycles. The molecule has 0 aromatic heterocycles. The molecule has 0 bridgehead atoms. The monoisotopic (exact) mass is 213 g/mol. The quantitative estimate of drug-likeness (QED) is 0.732. The average molecular weight is 213 g/mol. The van der Waals surface area contributed by atoms with Crippen LogP contribution in [0.3, 0.4) is 0 Å². The van der Waals surface area contributed by atoms with Crippen LogP contribution in [0.2, 0.25) is 0 Å². The highest BCUT2D eigenvalue weighted by Gasteiger charge is 2.33. The van der Waals surface area contributed by atoms with Crippen LogP contribution in [0.15, 0.2) is 0 Å². The summed E-state index contributed by atoms with van der Waals surface area (Å²) < 4.78 is 5.25. The standard InChI is InChI=1S/C13H27NO/c1-10(2)12(11(3)4)6-14-7-13(5)8-15-9-13/h10-12,14H,6-9H2,1-5H3. The molecule has 0 amide bonds. The van der Waals surface area contributed by atoms with Gasteiger partial charge in [0.05, 0.1) is 13.2 Å². The fourth-order valence-corrected chi connectivity index (χ4v) is 2.33. The first-order valence-electron chi connectivity index (χ1n) is 6.23. The summed E-state index contributed by atoms with van der Waals surface area (Å²) in [6.45, 7) is 15.7. The van der Waals surface area contributed by atoms with Crippen molar-refractivity contribution >= 4 is 0 Å². The molecule has 0 aliphatic carbocycles. The van der Waals surface area contributed by atoms with Gasteiger partial charge in [0, 0.05) is 12.0 Å². The Morgan fingerprint density at radius 3 is 2.00 bits per heavy atom. The van der Waals surface area contributed by atoms with E-state index in [-0.39, 0.29) is 0 Å². The van der Waals surface area contributed by atoms with Crippen molar-refractivity contribution in [1.29, 1.82) is 0 Å². The number of hydrogen-bond acceptors (Lipinski definition) is 2. The topological polar surface area (TPSA) is 21.3 Å². The molecule has 0 aromatic rings. The number of ether oxygens (including phenoxy) is 1. The van der Waals surface area contributed by atoms with Crippen molar-refractivity contribution in [3.05, 3.63) is 0 Å². The van der Waals surface area contributed by atoms with Crippen LogP contribution in [0, 0.1) is 23.2 Å². The van der Waals surface area contributed by atoms with Gasteiger partial charge in [-0.1, -0.05) is 34.6 Å². The van der Waals surface area contributed by atoms with Gasteiger partial charge in [-0.2, -0.15) is 0 Å². The van der Waals surface area contributed by atoms with E-state index in [9.17, 15) is 0 Å². The fraction of sp³-hybridized carbons (Fsp3) is 1.00. The van der Waals surface area contributed by atoms with E-state index in [1.807, 2.05) is 0 Å². The van der Waals surface area contributed by atoms with Crippen LogP contribution in [0.1, 0.15) is 34.6 Å². The van der Waals surface area contributed by atoms with E-state index in [0.717, 1.165) is 44.1 Å². The Morgan fingerprint density at radius 1 is 1.13 bits per heavy atom. The second kappa shape index (κ2) is 5.31. The van der Waals surface area contributed by atoms with Gasteiger partial charge in [0.2, 0.25) is 0 Å². The van der Waals surface area contributed by atoms with E-state index in [1.54, 1.807) is 0 Å². The fourth-order valence-electron chi connectivity index (χ4n) is 2.33. The Kier molecular flexibility index (Phi) is 4.60. The zero-order chi connectivity index (χ0) is 11.5. The van der Waals surface area contributed by atoms with Crippen molar-refractivity contribution in [3.8, 4) is 0 Å². The van der Waals surface area contributed by atoms with Crippen LogP contribution in [0.25, 0.3) is 0 Å². The predicted octanol–water partition coefficient (Wildman–Crippen LogP) is 2.54. The van der Waals surface area contributed by atoms with Gasteiger partial charge in [-0.05, 0) is 24.3 Å². The van der Waals surface area contributed by atoms with Gasteiger partial charge in [0.25, 0.3) is 0 Å². The Morgan fingerprint density at radius 2 is 1.67 bits per heavy atom. The van der Waals surface area contributed by atoms with Crippen molar-refractivity contribution in [1.82, 2.24) is 5.32 Å². The van der Waals surface area contributed by atoms with E-state index >= 15 is 0 Å². The molecule has 90 valence electrons. The van der Waals surface area contributed by atoms with Crippen LogP contribution in [-0.4, -0.2) is 26.3 Å². The minimum atomic E-state index is 0.401. The first kappa shape index (κ1) is 13.0. The summed E-state index contributed by atoms with van der Waals surface area (Å²) in [5, 5.41) is 3.61. The molecule has 15 heavy (non-hydrogen) atoms. The molecular formula is C13H27NO. The van der Waals surface area contributed by atoms with Crippen molar-refractivity contribution in [2.24, 2.45) is 23.2 Å². The molecule has 1 rings (SSSR count). The highest BCUT2D eigenvalue weighted by Crippen LogP contribution is 2.26. The van der Waals surface area contributed by atoms with Gasteiger partial charge in [-0.15, -0.1) is 0 Å². The third-order valence-electron chi connectivity index (χ3n) is 3.55. The van der Waals surface area contributed by atoms with Gasteiger partial charge in [-0.25, -0.2) is 0 Å². The number of rotatable bonds is 6. The normalized spacial score (nSPS) is 20.0. The molecule has 0 spiro atoms. The SMILES string of the molecule is CC(C)C(CNCC1(C)COC1)C(C)C. The lowest BCUT2D eigenvalue weighted by atomic mass is 9.84. The number of nitrogens with one attached hydrogen (secondary N) is 1. The second-order valence-corrected chi connectivity index (χ2v) is 6.09. The third kappa shape index (κ3) is 3.76. The summed E-state index contributed by atoms with van der Waals surface area (Å²) in [6, 6.07) is 0. The van der Waals surface area contributed by atoms with Crippen molar-refractivity contribution < 1.29 is 4.74 Å². The first-order chi connectivity index (χ1) is 6.94. The minimum Gasteiger partial charge on any atom is -0.380 e. The Bertz CT molecular complexity index is 177. The highest BCUT2D eigenvalue weighted by molar-refractivity contribution is 4.83.